The van der Waals surface area contributed by atoms with Gasteiger partial charge in [-0.1, -0.05) is 0 Å². The Kier molecular flexibility index (Phi) is 3.94. The third-order valence-corrected chi connectivity index (χ3v) is 3.51. The first-order valence-corrected chi connectivity index (χ1v) is 6.33. The summed E-state index contributed by atoms with van der Waals surface area (Å²) in [6.45, 7) is 1.45. The molecular formula is C10H6N4O7S. The molecular weight excluding hydrogens is 320 g/mol. The fraction of sp³-hybridized carbons (Fsp3) is 0.100. The molecule has 0 atom stereocenters. The SMILES string of the molecule is Cc1nc(C=Cc2oc([N+](=O)[O-])cc2[N+](=O)[O-])sc1[N+](=O)[O-]. The summed E-state index contributed by atoms with van der Waals surface area (Å²) in [5.74, 6) is -1.11. The van der Waals surface area contributed by atoms with Gasteiger partial charge in [-0.3, -0.25) is 30.3 Å². The Bertz CT molecular complexity index is 806. The summed E-state index contributed by atoms with van der Waals surface area (Å²) in [6.07, 6.45) is 2.35. The van der Waals surface area contributed by atoms with E-state index in [9.17, 15) is 30.3 Å². The Balaban J connectivity index is 2.37. The molecule has 2 heterocycles. The van der Waals surface area contributed by atoms with E-state index in [0.717, 1.165) is 17.4 Å². The van der Waals surface area contributed by atoms with Crippen LogP contribution in [-0.4, -0.2) is 19.8 Å². The summed E-state index contributed by atoms with van der Waals surface area (Å²) < 4.78 is 4.76. The Hall–Kier alpha value is -3.15. The summed E-state index contributed by atoms with van der Waals surface area (Å²) in [5.41, 5.74) is -0.375. The van der Waals surface area contributed by atoms with Crippen molar-refractivity contribution in [1.29, 1.82) is 0 Å². The third-order valence-electron chi connectivity index (χ3n) is 2.44. The molecule has 0 saturated carbocycles. The van der Waals surface area contributed by atoms with E-state index in [1.807, 2.05) is 0 Å². The third kappa shape index (κ3) is 2.95. The van der Waals surface area contributed by atoms with Crippen molar-refractivity contribution < 1.29 is 19.2 Å². The molecule has 11 nitrogen and oxygen atoms in total. The normalized spacial score (nSPS) is 11.0. The first-order chi connectivity index (χ1) is 10.3. The van der Waals surface area contributed by atoms with Crippen LogP contribution in [0.25, 0.3) is 12.2 Å². The van der Waals surface area contributed by atoms with Gasteiger partial charge in [-0.05, 0) is 30.4 Å². The fourth-order valence-corrected chi connectivity index (χ4v) is 2.32. The number of aryl methyl sites for hydroxylation is 1. The van der Waals surface area contributed by atoms with Crippen molar-refractivity contribution in [1.82, 2.24) is 4.98 Å². The second kappa shape index (κ2) is 5.69. The van der Waals surface area contributed by atoms with Crippen LogP contribution in [0.5, 0.6) is 0 Å². The molecule has 0 saturated heterocycles. The van der Waals surface area contributed by atoms with Gasteiger partial charge >= 0.3 is 16.6 Å². The lowest BCUT2D eigenvalue weighted by Gasteiger charge is -1.86. The number of furan rings is 1. The topological polar surface area (TPSA) is 155 Å². The van der Waals surface area contributed by atoms with E-state index in [4.69, 9.17) is 4.42 Å². The van der Waals surface area contributed by atoms with Gasteiger partial charge in [0, 0.05) is 0 Å². The summed E-state index contributed by atoms with van der Waals surface area (Å²) in [6, 6.07) is 0.690. The number of thiazole rings is 1. The van der Waals surface area contributed by atoms with Crippen LogP contribution in [0.2, 0.25) is 0 Å². The molecule has 0 amide bonds. The van der Waals surface area contributed by atoms with Gasteiger partial charge in [-0.25, -0.2) is 4.98 Å². The summed E-state index contributed by atoms with van der Waals surface area (Å²) >= 11 is 0.772. The molecule has 2 aromatic heterocycles. The smallest absolute Gasteiger partial charge is 0.394 e. The highest BCUT2D eigenvalue weighted by atomic mass is 32.1. The van der Waals surface area contributed by atoms with E-state index in [1.165, 1.54) is 13.0 Å². The monoisotopic (exact) mass is 326 g/mol. The summed E-state index contributed by atoms with van der Waals surface area (Å²) in [5, 5.41) is 32.1. The van der Waals surface area contributed by atoms with Gasteiger partial charge < -0.3 is 4.42 Å². The molecule has 2 rings (SSSR count). The van der Waals surface area contributed by atoms with E-state index in [-0.39, 0.29) is 21.5 Å². The minimum atomic E-state index is -0.900. The minimum absolute atomic E-state index is 0.153. The summed E-state index contributed by atoms with van der Waals surface area (Å²) in [4.78, 5) is 33.7. The van der Waals surface area contributed by atoms with Crippen LogP contribution in [0.15, 0.2) is 10.5 Å². The van der Waals surface area contributed by atoms with Crippen LogP contribution in [0.1, 0.15) is 16.5 Å². The first kappa shape index (κ1) is 15.2. The number of nitro groups is 3. The molecule has 0 radical (unpaired) electrons. The van der Waals surface area contributed by atoms with Crippen LogP contribution in [0.4, 0.5) is 16.6 Å². The van der Waals surface area contributed by atoms with E-state index < -0.39 is 26.3 Å². The van der Waals surface area contributed by atoms with Crippen LogP contribution in [-0.2, 0) is 0 Å². The maximum Gasteiger partial charge on any atom is 0.440 e. The maximum absolute atomic E-state index is 10.8. The van der Waals surface area contributed by atoms with Crippen molar-refractivity contribution in [3.8, 4) is 0 Å². The molecule has 0 fully saturated rings. The second-order valence-corrected chi connectivity index (χ2v) is 4.89. The highest BCUT2D eigenvalue weighted by Gasteiger charge is 2.25. The average molecular weight is 326 g/mol. The number of hydrogen-bond donors (Lipinski definition) is 0. The van der Waals surface area contributed by atoms with Crippen molar-refractivity contribution in [2.45, 2.75) is 6.92 Å². The molecule has 22 heavy (non-hydrogen) atoms. The fourth-order valence-electron chi connectivity index (χ4n) is 1.53. The number of rotatable bonds is 5. The highest BCUT2D eigenvalue weighted by Crippen LogP contribution is 2.31. The Morgan fingerprint density at radius 3 is 2.32 bits per heavy atom. The van der Waals surface area contributed by atoms with Crippen LogP contribution in [0, 0.1) is 37.3 Å². The Morgan fingerprint density at radius 1 is 1.14 bits per heavy atom. The van der Waals surface area contributed by atoms with Crippen LogP contribution in [0.3, 0.4) is 0 Å². The minimum Gasteiger partial charge on any atom is -0.394 e. The van der Waals surface area contributed by atoms with Crippen LogP contribution >= 0.6 is 11.3 Å². The molecule has 0 unspecified atom stereocenters. The standard InChI is InChI=1S/C10H6N4O7S/c1-5-10(14(19)20)22-8(11-5)3-2-7-6(12(15)16)4-9(21-7)13(17)18/h2-4H,1H3. The van der Waals surface area contributed by atoms with E-state index in [1.54, 1.807) is 0 Å². The Labute approximate surface area is 125 Å². The second-order valence-electron chi connectivity index (χ2n) is 3.88. The predicted molar refractivity (Wildman–Crippen MR) is 74.5 cm³/mol. The molecule has 12 heteroatoms. The molecule has 2 aromatic rings. The quantitative estimate of drug-likeness (QED) is 0.599. The zero-order valence-corrected chi connectivity index (χ0v) is 11.6. The molecule has 0 aliphatic heterocycles. The van der Waals surface area contributed by atoms with Gasteiger partial charge in [0.25, 0.3) is 0 Å². The molecule has 114 valence electrons. The molecule has 0 aliphatic carbocycles. The van der Waals surface area contributed by atoms with Crippen molar-refractivity contribution in [2.75, 3.05) is 0 Å². The van der Waals surface area contributed by atoms with Crippen molar-refractivity contribution in [2.24, 2.45) is 0 Å². The lowest BCUT2D eigenvalue weighted by atomic mass is 10.3. The van der Waals surface area contributed by atoms with E-state index in [2.05, 4.69) is 4.98 Å². The zero-order chi connectivity index (χ0) is 16.4. The van der Waals surface area contributed by atoms with Gasteiger partial charge in [-0.2, -0.15) is 0 Å². The molecule has 0 aliphatic rings. The lowest BCUT2D eigenvalue weighted by Crippen LogP contribution is -1.87. The molecule has 0 bridgehead atoms. The van der Waals surface area contributed by atoms with Crippen molar-refractivity contribution in [3.63, 3.8) is 0 Å². The van der Waals surface area contributed by atoms with Crippen molar-refractivity contribution >= 4 is 40.1 Å². The molecule has 0 aromatic carbocycles. The summed E-state index contributed by atoms with van der Waals surface area (Å²) in [7, 11) is 0. The van der Waals surface area contributed by atoms with Gasteiger partial charge in [0.1, 0.15) is 21.7 Å². The first-order valence-electron chi connectivity index (χ1n) is 5.52. The van der Waals surface area contributed by atoms with Gasteiger partial charge in [0.05, 0.1) is 9.85 Å². The van der Waals surface area contributed by atoms with E-state index in [0.29, 0.717) is 6.07 Å². The van der Waals surface area contributed by atoms with Gasteiger partial charge in [0.2, 0.25) is 5.76 Å². The number of aromatic nitrogens is 1. The molecule has 0 spiro atoms. The van der Waals surface area contributed by atoms with Crippen molar-refractivity contribution in [3.05, 3.63) is 52.9 Å². The van der Waals surface area contributed by atoms with Gasteiger partial charge in [-0.15, -0.1) is 0 Å². The number of nitrogens with zero attached hydrogens (tertiary/aromatic N) is 4. The van der Waals surface area contributed by atoms with Crippen LogP contribution < -0.4 is 0 Å². The number of hydrogen-bond acceptors (Lipinski definition) is 9. The predicted octanol–water partition coefficient (Wildman–Crippen LogP) is 2.94. The largest absolute Gasteiger partial charge is 0.440 e. The lowest BCUT2D eigenvalue weighted by molar-refractivity contribution is -0.402. The van der Waals surface area contributed by atoms with Gasteiger partial charge in [0.15, 0.2) is 0 Å². The zero-order valence-electron chi connectivity index (χ0n) is 10.8. The Morgan fingerprint density at radius 2 is 1.82 bits per heavy atom. The average Bonchev–Trinajstić information content (AvgIpc) is 2.99. The highest BCUT2D eigenvalue weighted by molar-refractivity contribution is 7.15. The maximum atomic E-state index is 10.8. The van der Waals surface area contributed by atoms with E-state index >= 15 is 0 Å². The molecule has 0 N–H and O–H groups in total.